The van der Waals surface area contributed by atoms with Gasteiger partial charge in [-0.15, -0.1) is 12.6 Å². The first-order valence-electron chi connectivity index (χ1n) is 5.43. The Balaban J connectivity index is 1.93. The Hall–Kier alpha value is -2.02. The summed E-state index contributed by atoms with van der Waals surface area (Å²) in [5.41, 5.74) is 1.10. The molecule has 3 rings (SSSR count). The van der Waals surface area contributed by atoms with Crippen molar-refractivity contribution < 1.29 is 4.79 Å². The first-order valence-corrected chi connectivity index (χ1v) is 5.95. The van der Waals surface area contributed by atoms with Gasteiger partial charge in [0.2, 0.25) is 0 Å². The van der Waals surface area contributed by atoms with Crippen molar-refractivity contribution in [3.8, 4) is 0 Å². The molecule has 0 saturated carbocycles. The summed E-state index contributed by atoms with van der Waals surface area (Å²) in [4.78, 5) is 24.7. The second-order valence-electron chi connectivity index (χ2n) is 3.94. The summed E-state index contributed by atoms with van der Waals surface area (Å²) in [5, 5.41) is 2.75. The molecule has 18 heavy (non-hydrogen) atoms. The van der Waals surface area contributed by atoms with E-state index in [0.717, 1.165) is 5.56 Å². The topological polar surface area (TPSA) is 73.9 Å². The van der Waals surface area contributed by atoms with Gasteiger partial charge in [0, 0.05) is 18.9 Å². The number of nitrogens with one attached hydrogen (secondary N) is 2. The first-order chi connectivity index (χ1) is 8.75. The monoisotopic (exact) mass is 261 g/mol. The van der Waals surface area contributed by atoms with Crippen LogP contribution in [0.25, 0.3) is 0 Å². The van der Waals surface area contributed by atoms with E-state index in [0.29, 0.717) is 18.1 Å². The summed E-state index contributed by atoms with van der Waals surface area (Å²) in [6.45, 7) is 0.583. The van der Waals surface area contributed by atoms with Crippen molar-refractivity contribution in [2.24, 2.45) is 0 Å². The predicted octanol–water partition coefficient (Wildman–Crippen LogP) is 0.768. The summed E-state index contributed by atoms with van der Waals surface area (Å²) >= 11 is 4.37. The number of amides is 1. The third kappa shape index (κ3) is 1.82. The van der Waals surface area contributed by atoms with Gasteiger partial charge in [-0.3, -0.25) is 9.78 Å². The first kappa shape index (κ1) is 11.1. The van der Waals surface area contributed by atoms with Crippen LogP contribution in [0.5, 0.6) is 0 Å². The molecule has 7 heteroatoms. The minimum absolute atomic E-state index is 0.190. The normalized spacial score (nSPS) is 18.4. The number of anilines is 1. The van der Waals surface area contributed by atoms with Crippen molar-refractivity contribution in [1.29, 1.82) is 0 Å². The second-order valence-corrected chi connectivity index (χ2v) is 4.43. The maximum Gasteiger partial charge on any atom is 0.273 e. The third-order valence-electron chi connectivity index (χ3n) is 2.75. The van der Waals surface area contributed by atoms with Gasteiger partial charge in [-0.1, -0.05) is 6.07 Å². The highest BCUT2D eigenvalue weighted by Crippen LogP contribution is 2.25. The lowest BCUT2D eigenvalue weighted by atomic mass is 10.2. The standard InChI is InChI=1S/C11H11N5OS/c17-10-8-9(14-6-13-8)16(11(18)15-10)5-7-2-1-3-12-4-7/h1-4,6,11,18H,5H2,(H,13,14)(H,15,17). The van der Waals surface area contributed by atoms with Crippen molar-refractivity contribution in [2.45, 2.75) is 12.0 Å². The number of pyridine rings is 1. The number of rotatable bonds is 2. The van der Waals surface area contributed by atoms with Crippen molar-refractivity contribution in [1.82, 2.24) is 20.3 Å². The van der Waals surface area contributed by atoms with Gasteiger partial charge in [0.05, 0.1) is 6.33 Å². The molecule has 1 aliphatic rings. The molecule has 0 radical (unpaired) electrons. The highest BCUT2D eigenvalue weighted by molar-refractivity contribution is 7.81. The third-order valence-corrected chi connectivity index (χ3v) is 3.16. The number of fused-ring (bicyclic) bond motifs is 1. The minimum Gasteiger partial charge on any atom is -0.339 e. The molecule has 0 spiro atoms. The minimum atomic E-state index is -0.395. The molecule has 0 aromatic carbocycles. The van der Waals surface area contributed by atoms with Gasteiger partial charge < -0.3 is 15.2 Å². The van der Waals surface area contributed by atoms with Crippen LogP contribution < -0.4 is 10.2 Å². The number of imidazole rings is 1. The summed E-state index contributed by atoms with van der Waals surface area (Å²) < 4.78 is 0. The fourth-order valence-corrected chi connectivity index (χ4v) is 2.21. The zero-order valence-corrected chi connectivity index (χ0v) is 10.3. The van der Waals surface area contributed by atoms with Crippen LogP contribution in [-0.2, 0) is 6.54 Å². The Morgan fingerprint density at radius 3 is 3.17 bits per heavy atom. The van der Waals surface area contributed by atoms with Crippen molar-refractivity contribution in [2.75, 3.05) is 4.90 Å². The molecular weight excluding hydrogens is 250 g/mol. The Morgan fingerprint density at radius 1 is 1.50 bits per heavy atom. The molecule has 1 unspecified atom stereocenters. The summed E-state index contributed by atoms with van der Waals surface area (Å²) in [6, 6.07) is 3.84. The smallest absolute Gasteiger partial charge is 0.273 e. The number of carbonyl (C=O) groups is 1. The van der Waals surface area contributed by atoms with E-state index in [4.69, 9.17) is 0 Å². The van der Waals surface area contributed by atoms with Gasteiger partial charge in [0.1, 0.15) is 11.2 Å². The molecule has 0 saturated heterocycles. The number of H-pyrrole nitrogens is 1. The predicted molar refractivity (Wildman–Crippen MR) is 69.2 cm³/mol. The van der Waals surface area contributed by atoms with Gasteiger partial charge in [0.15, 0.2) is 5.82 Å². The van der Waals surface area contributed by atoms with E-state index >= 15 is 0 Å². The van der Waals surface area contributed by atoms with Crippen molar-refractivity contribution >= 4 is 24.4 Å². The largest absolute Gasteiger partial charge is 0.339 e. The molecule has 6 nitrogen and oxygen atoms in total. The van der Waals surface area contributed by atoms with Crippen LogP contribution in [0, 0.1) is 0 Å². The number of aromatic nitrogens is 3. The number of nitrogens with zero attached hydrogens (tertiary/aromatic N) is 3. The van der Waals surface area contributed by atoms with Gasteiger partial charge >= 0.3 is 0 Å². The Bertz CT molecular complexity index is 570. The number of carbonyl (C=O) groups excluding carboxylic acids is 1. The lowest BCUT2D eigenvalue weighted by Gasteiger charge is -2.33. The van der Waals surface area contributed by atoms with Crippen molar-refractivity contribution in [3.05, 3.63) is 42.1 Å². The van der Waals surface area contributed by atoms with E-state index in [1.54, 1.807) is 12.4 Å². The summed E-state index contributed by atoms with van der Waals surface area (Å²) in [7, 11) is 0. The van der Waals surface area contributed by atoms with E-state index in [1.165, 1.54) is 6.33 Å². The van der Waals surface area contributed by atoms with E-state index in [-0.39, 0.29) is 5.91 Å². The number of aromatic amines is 1. The molecule has 1 aliphatic heterocycles. The molecule has 2 N–H and O–H groups in total. The van der Waals surface area contributed by atoms with Crippen LogP contribution in [0.3, 0.4) is 0 Å². The molecule has 2 aromatic heterocycles. The highest BCUT2D eigenvalue weighted by atomic mass is 32.1. The van der Waals surface area contributed by atoms with Gasteiger partial charge in [0.25, 0.3) is 5.91 Å². The molecule has 3 heterocycles. The van der Waals surface area contributed by atoms with E-state index < -0.39 is 5.50 Å². The zero-order valence-electron chi connectivity index (χ0n) is 9.37. The van der Waals surface area contributed by atoms with Crippen LogP contribution in [-0.4, -0.2) is 26.4 Å². The number of hydrogen-bond donors (Lipinski definition) is 3. The van der Waals surface area contributed by atoms with Crippen molar-refractivity contribution in [3.63, 3.8) is 0 Å². The Labute approximate surface area is 109 Å². The average Bonchev–Trinajstić information content (AvgIpc) is 2.85. The van der Waals surface area contributed by atoms with E-state index in [2.05, 4.69) is 32.9 Å². The summed E-state index contributed by atoms with van der Waals surface area (Å²) in [6.07, 6.45) is 5.01. The maximum atomic E-state index is 11.7. The van der Waals surface area contributed by atoms with Crippen LogP contribution in [0.1, 0.15) is 16.1 Å². The second kappa shape index (κ2) is 4.34. The lowest BCUT2D eigenvalue weighted by molar-refractivity contribution is 0.0937. The quantitative estimate of drug-likeness (QED) is 0.698. The zero-order chi connectivity index (χ0) is 12.5. The fourth-order valence-electron chi connectivity index (χ4n) is 1.90. The molecule has 92 valence electrons. The van der Waals surface area contributed by atoms with Crippen LogP contribution >= 0.6 is 12.6 Å². The van der Waals surface area contributed by atoms with Crippen LogP contribution in [0.15, 0.2) is 30.9 Å². The molecule has 0 fully saturated rings. The lowest BCUT2D eigenvalue weighted by Crippen LogP contribution is -2.49. The Kier molecular flexibility index (Phi) is 2.67. The molecular formula is C11H11N5OS. The highest BCUT2D eigenvalue weighted by Gasteiger charge is 2.30. The van der Waals surface area contributed by atoms with Crippen LogP contribution in [0.2, 0.25) is 0 Å². The molecule has 1 amide bonds. The Morgan fingerprint density at radius 2 is 2.39 bits per heavy atom. The van der Waals surface area contributed by atoms with Gasteiger partial charge in [-0.25, -0.2) is 4.98 Å². The molecule has 0 bridgehead atoms. The molecule has 0 aliphatic carbocycles. The number of hydrogen-bond acceptors (Lipinski definition) is 5. The van der Waals surface area contributed by atoms with Gasteiger partial charge in [-0.05, 0) is 11.6 Å². The maximum absolute atomic E-state index is 11.7. The SMILES string of the molecule is O=C1NC(S)N(Cc2cccnc2)c2nc[nH]c21. The summed E-state index contributed by atoms with van der Waals surface area (Å²) in [5.74, 6) is 0.424. The van der Waals surface area contributed by atoms with E-state index in [9.17, 15) is 4.79 Å². The molecule has 2 aromatic rings. The van der Waals surface area contributed by atoms with Gasteiger partial charge in [-0.2, -0.15) is 0 Å². The fraction of sp³-hybridized carbons (Fsp3) is 0.182. The molecule has 1 atom stereocenters. The van der Waals surface area contributed by atoms with Crippen LogP contribution in [0.4, 0.5) is 5.82 Å². The average molecular weight is 261 g/mol. The number of thiol groups is 1. The van der Waals surface area contributed by atoms with E-state index in [1.807, 2.05) is 17.0 Å².